The van der Waals surface area contributed by atoms with Gasteiger partial charge in [-0.15, -0.1) is 0 Å². The molecule has 2 N–H and O–H groups in total. The van der Waals surface area contributed by atoms with Crippen LogP contribution in [-0.4, -0.2) is 45.1 Å². The minimum Gasteiger partial charge on any atom is -0.315 e. The van der Waals surface area contributed by atoms with Crippen LogP contribution in [0.1, 0.15) is 13.3 Å². The third-order valence-corrected chi connectivity index (χ3v) is 7.54. The Bertz CT molecular complexity index is 1290. The summed E-state index contributed by atoms with van der Waals surface area (Å²) >= 11 is 5.81. The molecule has 0 unspecified atom stereocenters. The molecule has 0 bridgehead atoms. The number of carbonyl (C=O) groups excluding carboxylic acids is 1. The zero-order valence-electron chi connectivity index (χ0n) is 17.3. The van der Waals surface area contributed by atoms with Crippen LogP contribution < -0.4 is 11.0 Å². The van der Waals surface area contributed by atoms with Crippen molar-refractivity contribution in [3.63, 3.8) is 0 Å². The van der Waals surface area contributed by atoms with Crippen molar-refractivity contribution in [1.29, 1.82) is 0 Å². The third-order valence-electron chi connectivity index (χ3n) is 5.32. The molecule has 0 fully saturated rings. The lowest BCUT2D eigenvalue weighted by molar-refractivity contribution is -0.131. The number of amides is 1. The maximum Gasteiger partial charge on any atom is 0.264 e. The summed E-state index contributed by atoms with van der Waals surface area (Å²) in [6.45, 7) is 1.18. The number of hydrogen-bond acceptors (Lipinski definition) is 7. The van der Waals surface area contributed by atoms with Crippen LogP contribution in [0.2, 0.25) is 5.02 Å². The quantitative estimate of drug-likeness (QED) is 0.395. The van der Waals surface area contributed by atoms with Crippen LogP contribution in [-0.2, 0) is 21.2 Å². The molecule has 3 aromatic rings. The standard InChI is InChI=1S/C21H21ClN4O5S/c1-21(20(28)25-29,32(2,30)31)8-10-26-9-7-16(11-18(26)27)14-3-5-15(6-4-14)19-23-12-17(22)13-24-19/h3-7,9,11-13,29H,8,10H2,1-2H3,(H,25,28)/t21-/m1/s1. The van der Waals surface area contributed by atoms with E-state index in [9.17, 15) is 18.0 Å². The zero-order chi connectivity index (χ0) is 23.5. The smallest absolute Gasteiger partial charge is 0.264 e. The summed E-state index contributed by atoms with van der Waals surface area (Å²) in [6, 6.07) is 10.5. The summed E-state index contributed by atoms with van der Waals surface area (Å²) in [4.78, 5) is 32.8. The molecule has 1 amide bonds. The SMILES string of the molecule is C[C@@](CCn1ccc(-c2ccc(-c3ncc(Cl)cn3)cc2)cc1=O)(C(=O)NO)S(C)(=O)=O. The highest BCUT2D eigenvalue weighted by atomic mass is 35.5. The van der Waals surface area contributed by atoms with Crippen molar-refractivity contribution in [3.8, 4) is 22.5 Å². The fourth-order valence-electron chi connectivity index (χ4n) is 3.06. The number of nitrogens with one attached hydrogen (secondary N) is 1. The molecule has 0 radical (unpaired) electrons. The van der Waals surface area contributed by atoms with Gasteiger partial charge in [-0.2, -0.15) is 0 Å². The third kappa shape index (κ3) is 4.87. The summed E-state index contributed by atoms with van der Waals surface area (Å²) in [6.07, 6.45) is 5.28. The molecule has 11 heteroatoms. The number of nitrogens with zero attached hydrogens (tertiary/aromatic N) is 3. The van der Waals surface area contributed by atoms with E-state index in [1.54, 1.807) is 6.07 Å². The van der Waals surface area contributed by atoms with Gasteiger partial charge in [0.15, 0.2) is 20.4 Å². The summed E-state index contributed by atoms with van der Waals surface area (Å²) in [5.41, 5.74) is 3.30. The summed E-state index contributed by atoms with van der Waals surface area (Å²) < 4.78 is 23.6. The van der Waals surface area contributed by atoms with E-state index in [-0.39, 0.29) is 18.5 Å². The number of benzene rings is 1. The van der Waals surface area contributed by atoms with E-state index in [1.807, 2.05) is 24.3 Å². The number of aromatic nitrogens is 3. The van der Waals surface area contributed by atoms with Gasteiger partial charge in [0.25, 0.3) is 11.5 Å². The van der Waals surface area contributed by atoms with Crippen LogP contribution in [0.4, 0.5) is 0 Å². The molecule has 0 aliphatic heterocycles. The lowest BCUT2D eigenvalue weighted by Crippen LogP contribution is -2.49. The van der Waals surface area contributed by atoms with Gasteiger partial charge in [0.05, 0.1) is 5.02 Å². The van der Waals surface area contributed by atoms with E-state index in [0.717, 1.165) is 17.4 Å². The Balaban J connectivity index is 1.80. The lowest BCUT2D eigenvalue weighted by atomic mass is 10.0. The number of rotatable bonds is 7. The van der Waals surface area contributed by atoms with Gasteiger partial charge in [-0.05, 0) is 30.5 Å². The number of pyridine rings is 1. The first-order valence-electron chi connectivity index (χ1n) is 9.48. The van der Waals surface area contributed by atoms with E-state index in [0.29, 0.717) is 16.4 Å². The maximum absolute atomic E-state index is 12.6. The molecule has 0 aliphatic rings. The van der Waals surface area contributed by atoms with E-state index >= 15 is 0 Å². The molecule has 32 heavy (non-hydrogen) atoms. The molecule has 0 aliphatic carbocycles. The van der Waals surface area contributed by atoms with Crippen molar-refractivity contribution >= 4 is 27.3 Å². The van der Waals surface area contributed by atoms with Gasteiger partial charge >= 0.3 is 0 Å². The van der Waals surface area contributed by atoms with Crippen LogP contribution in [0.3, 0.4) is 0 Å². The minimum atomic E-state index is -3.84. The normalized spacial score (nSPS) is 13.4. The van der Waals surface area contributed by atoms with Crippen LogP contribution in [0.15, 0.2) is 59.8 Å². The van der Waals surface area contributed by atoms with Gasteiger partial charge in [-0.3, -0.25) is 14.8 Å². The van der Waals surface area contributed by atoms with E-state index < -0.39 is 20.5 Å². The van der Waals surface area contributed by atoms with Gasteiger partial charge < -0.3 is 4.57 Å². The van der Waals surface area contributed by atoms with Crippen LogP contribution in [0.25, 0.3) is 22.5 Å². The molecule has 2 aromatic heterocycles. The predicted octanol–water partition coefficient (Wildman–Crippen LogP) is 2.32. The number of hydroxylamine groups is 1. The molecular formula is C21H21ClN4O5S. The topological polar surface area (TPSA) is 131 Å². The van der Waals surface area contributed by atoms with Crippen molar-refractivity contribution < 1.29 is 18.4 Å². The van der Waals surface area contributed by atoms with Crippen molar-refractivity contribution in [2.75, 3.05) is 6.26 Å². The Morgan fingerprint density at radius 3 is 2.25 bits per heavy atom. The first-order chi connectivity index (χ1) is 15.0. The average molecular weight is 477 g/mol. The summed E-state index contributed by atoms with van der Waals surface area (Å²) in [5.74, 6) is -0.522. The second kappa shape index (κ2) is 9.19. The number of aryl methyl sites for hydroxylation is 1. The van der Waals surface area contributed by atoms with E-state index in [4.69, 9.17) is 16.8 Å². The minimum absolute atomic E-state index is 0.0249. The van der Waals surface area contributed by atoms with Crippen LogP contribution >= 0.6 is 11.6 Å². The number of carbonyl (C=O) groups is 1. The van der Waals surface area contributed by atoms with Crippen molar-refractivity contribution in [1.82, 2.24) is 20.0 Å². The van der Waals surface area contributed by atoms with E-state index in [2.05, 4.69) is 9.97 Å². The predicted molar refractivity (Wildman–Crippen MR) is 120 cm³/mol. The number of hydrogen-bond donors (Lipinski definition) is 2. The Kier molecular flexibility index (Phi) is 6.77. The molecule has 9 nitrogen and oxygen atoms in total. The van der Waals surface area contributed by atoms with Crippen molar-refractivity contribution in [2.24, 2.45) is 0 Å². The highest BCUT2D eigenvalue weighted by molar-refractivity contribution is 7.92. The van der Waals surface area contributed by atoms with Crippen LogP contribution in [0.5, 0.6) is 0 Å². The van der Waals surface area contributed by atoms with Crippen LogP contribution in [0, 0.1) is 0 Å². The molecule has 168 valence electrons. The Labute approximate surface area is 189 Å². The van der Waals surface area contributed by atoms with Gasteiger partial charge in [-0.25, -0.2) is 23.9 Å². The largest absolute Gasteiger partial charge is 0.315 e. The monoisotopic (exact) mass is 476 g/mol. The maximum atomic E-state index is 12.6. The average Bonchev–Trinajstić information content (AvgIpc) is 2.77. The zero-order valence-corrected chi connectivity index (χ0v) is 18.9. The molecule has 0 saturated heterocycles. The van der Waals surface area contributed by atoms with Gasteiger partial charge in [0.1, 0.15) is 0 Å². The number of sulfone groups is 1. The first kappa shape index (κ1) is 23.6. The molecule has 0 saturated carbocycles. The van der Waals surface area contributed by atoms with Gasteiger partial charge in [-0.1, -0.05) is 35.9 Å². The highest BCUT2D eigenvalue weighted by Crippen LogP contribution is 2.24. The van der Waals surface area contributed by atoms with Crippen molar-refractivity contribution in [2.45, 2.75) is 24.6 Å². The molecule has 2 heterocycles. The number of halogens is 1. The fraction of sp³-hybridized carbons (Fsp3) is 0.238. The van der Waals surface area contributed by atoms with E-state index in [1.165, 1.54) is 41.6 Å². The second-order valence-electron chi connectivity index (χ2n) is 7.44. The molecule has 1 aromatic carbocycles. The lowest BCUT2D eigenvalue weighted by Gasteiger charge is -2.25. The Morgan fingerprint density at radius 2 is 1.72 bits per heavy atom. The summed E-state index contributed by atoms with van der Waals surface area (Å²) in [7, 11) is -3.84. The molecule has 1 atom stereocenters. The second-order valence-corrected chi connectivity index (χ2v) is 10.3. The summed E-state index contributed by atoms with van der Waals surface area (Å²) in [5, 5.41) is 9.35. The van der Waals surface area contributed by atoms with Gasteiger partial charge in [0.2, 0.25) is 0 Å². The Morgan fingerprint density at radius 1 is 1.12 bits per heavy atom. The molecular weight excluding hydrogens is 456 g/mol. The fourth-order valence-corrected chi connectivity index (χ4v) is 4.01. The first-order valence-corrected chi connectivity index (χ1v) is 11.7. The van der Waals surface area contributed by atoms with Crippen molar-refractivity contribution in [3.05, 3.63) is 70.4 Å². The molecule has 3 rings (SSSR count). The Hall–Kier alpha value is -3.08. The van der Waals surface area contributed by atoms with Gasteiger partial charge in [0, 0.05) is 43.0 Å². The molecule has 0 spiro atoms. The highest BCUT2D eigenvalue weighted by Gasteiger charge is 2.43.